The summed E-state index contributed by atoms with van der Waals surface area (Å²) in [4.78, 5) is 39.8. The van der Waals surface area contributed by atoms with Crippen LogP contribution in [0.25, 0.3) is 11.1 Å². The number of esters is 1. The Kier molecular flexibility index (Phi) is 5.18. The van der Waals surface area contributed by atoms with E-state index >= 15 is 0 Å². The molecule has 0 aliphatic carbocycles. The van der Waals surface area contributed by atoms with Gasteiger partial charge in [-0.1, -0.05) is 17.7 Å². The van der Waals surface area contributed by atoms with Crippen LogP contribution in [0.1, 0.15) is 23.8 Å². The molecular formula is C18H14ClNO6. The zero-order valence-corrected chi connectivity index (χ0v) is 14.5. The topological polar surface area (TPSA) is 91.8 Å². The maximum absolute atomic E-state index is 12.5. The Labute approximate surface area is 153 Å². The third-order valence-corrected chi connectivity index (χ3v) is 3.96. The van der Waals surface area contributed by atoms with Crippen LogP contribution in [0.15, 0.2) is 30.5 Å². The normalized spacial score (nSPS) is 11.9. The second kappa shape index (κ2) is 7.53. The lowest BCUT2D eigenvalue weighted by molar-refractivity contribution is -0.153. The Hall–Kier alpha value is -2.93. The number of pyridine rings is 1. The molecule has 134 valence electrons. The third kappa shape index (κ3) is 3.52. The molecule has 0 bridgehead atoms. The highest BCUT2D eigenvalue weighted by Gasteiger charge is 2.25. The van der Waals surface area contributed by atoms with Crippen molar-refractivity contribution in [3.05, 3.63) is 41.2 Å². The summed E-state index contributed by atoms with van der Waals surface area (Å²) in [6, 6.07) is 6.52. The number of carbonyl (C=O) groups is 3. The van der Waals surface area contributed by atoms with Gasteiger partial charge in [0.15, 0.2) is 17.3 Å². The average molecular weight is 376 g/mol. The number of fused-ring (bicyclic) bond motifs is 1. The van der Waals surface area contributed by atoms with E-state index in [9.17, 15) is 14.4 Å². The minimum atomic E-state index is -1.04. The third-order valence-electron chi connectivity index (χ3n) is 3.65. The van der Waals surface area contributed by atoms with Crippen LogP contribution in [0, 0.1) is 0 Å². The first-order valence-corrected chi connectivity index (χ1v) is 8.16. The van der Waals surface area contributed by atoms with Crippen molar-refractivity contribution in [1.29, 1.82) is 0 Å². The fourth-order valence-corrected chi connectivity index (χ4v) is 2.74. The largest absolute Gasteiger partial charge is 0.460 e. The van der Waals surface area contributed by atoms with E-state index in [1.54, 1.807) is 31.2 Å². The van der Waals surface area contributed by atoms with Gasteiger partial charge in [-0.15, -0.1) is 0 Å². The van der Waals surface area contributed by atoms with Gasteiger partial charge in [-0.2, -0.15) is 0 Å². The van der Waals surface area contributed by atoms with Gasteiger partial charge in [-0.3, -0.25) is 14.6 Å². The second-order valence-corrected chi connectivity index (χ2v) is 5.74. The molecule has 0 N–H and O–H groups in total. The van der Waals surface area contributed by atoms with Gasteiger partial charge in [0.1, 0.15) is 5.69 Å². The number of Topliss-reactive ketones (excluding diaryl/α,β-unsaturated/α-hetero) is 2. The number of halogens is 1. The molecule has 0 fully saturated rings. The van der Waals surface area contributed by atoms with Crippen molar-refractivity contribution < 1.29 is 28.6 Å². The maximum atomic E-state index is 12.5. The van der Waals surface area contributed by atoms with Gasteiger partial charge in [-0.25, -0.2) is 4.79 Å². The number of benzene rings is 1. The van der Waals surface area contributed by atoms with Crippen molar-refractivity contribution in [2.45, 2.75) is 13.3 Å². The lowest BCUT2D eigenvalue weighted by Gasteiger charge is -2.10. The minimum absolute atomic E-state index is 0.0333. The molecule has 0 saturated carbocycles. The number of ether oxygens (including phenoxy) is 3. The van der Waals surface area contributed by atoms with Gasteiger partial charge in [0.25, 0.3) is 0 Å². The van der Waals surface area contributed by atoms with E-state index < -0.39 is 24.0 Å². The molecule has 3 rings (SSSR count). The Morgan fingerprint density at radius 2 is 1.92 bits per heavy atom. The van der Waals surface area contributed by atoms with Crippen molar-refractivity contribution in [2.75, 3.05) is 13.4 Å². The first-order valence-electron chi connectivity index (χ1n) is 7.79. The van der Waals surface area contributed by atoms with Crippen LogP contribution in [-0.4, -0.2) is 35.9 Å². The summed E-state index contributed by atoms with van der Waals surface area (Å²) in [7, 11) is 0. The summed E-state index contributed by atoms with van der Waals surface area (Å²) in [5, 5.41) is 0.341. The van der Waals surface area contributed by atoms with Gasteiger partial charge in [0, 0.05) is 23.4 Å². The minimum Gasteiger partial charge on any atom is -0.460 e. The molecule has 1 aromatic carbocycles. The predicted molar refractivity (Wildman–Crippen MR) is 91.4 cm³/mol. The molecule has 1 aromatic heterocycles. The van der Waals surface area contributed by atoms with E-state index in [1.807, 2.05) is 0 Å². The molecule has 7 nitrogen and oxygen atoms in total. The Balaban J connectivity index is 1.93. The highest BCUT2D eigenvalue weighted by Crippen LogP contribution is 2.41. The zero-order chi connectivity index (χ0) is 18.7. The van der Waals surface area contributed by atoms with Crippen molar-refractivity contribution in [3.8, 4) is 22.6 Å². The Morgan fingerprint density at radius 3 is 2.65 bits per heavy atom. The van der Waals surface area contributed by atoms with E-state index in [-0.39, 0.29) is 19.1 Å². The van der Waals surface area contributed by atoms with Crippen molar-refractivity contribution in [2.24, 2.45) is 0 Å². The van der Waals surface area contributed by atoms with Crippen molar-refractivity contribution >= 4 is 29.1 Å². The quantitative estimate of drug-likeness (QED) is 0.332. The molecule has 2 heterocycles. The van der Waals surface area contributed by atoms with Crippen LogP contribution in [0.3, 0.4) is 0 Å². The smallest absolute Gasteiger partial charge is 0.375 e. The van der Waals surface area contributed by atoms with E-state index in [0.29, 0.717) is 27.6 Å². The number of hydrogen-bond donors (Lipinski definition) is 0. The fourth-order valence-electron chi connectivity index (χ4n) is 2.48. The van der Waals surface area contributed by atoms with Gasteiger partial charge in [0.2, 0.25) is 12.6 Å². The second-order valence-electron chi connectivity index (χ2n) is 5.33. The van der Waals surface area contributed by atoms with E-state index in [0.717, 1.165) is 0 Å². The molecule has 0 saturated heterocycles. The maximum Gasteiger partial charge on any atom is 0.375 e. The lowest BCUT2D eigenvalue weighted by Crippen LogP contribution is -2.21. The Morgan fingerprint density at radius 1 is 1.19 bits per heavy atom. The highest BCUT2D eigenvalue weighted by molar-refractivity contribution is 6.38. The fraction of sp³-hybridized carbons (Fsp3) is 0.222. The van der Waals surface area contributed by atoms with Crippen LogP contribution < -0.4 is 9.47 Å². The van der Waals surface area contributed by atoms with Gasteiger partial charge >= 0.3 is 5.97 Å². The first-order chi connectivity index (χ1) is 12.5. The summed E-state index contributed by atoms with van der Waals surface area (Å²) in [5.74, 6) is -1.57. The van der Waals surface area contributed by atoms with Crippen LogP contribution in [0.2, 0.25) is 5.02 Å². The monoisotopic (exact) mass is 375 g/mol. The first kappa shape index (κ1) is 17.9. The van der Waals surface area contributed by atoms with Crippen LogP contribution >= 0.6 is 11.6 Å². The number of carbonyl (C=O) groups excluding carboxylic acids is 3. The van der Waals surface area contributed by atoms with Crippen molar-refractivity contribution in [3.63, 3.8) is 0 Å². The summed E-state index contributed by atoms with van der Waals surface area (Å²) in [5.41, 5.74) is 0.972. The molecule has 0 atom stereocenters. The van der Waals surface area contributed by atoms with Crippen molar-refractivity contribution in [1.82, 2.24) is 4.98 Å². The zero-order valence-electron chi connectivity index (χ0n) is 13.8. The van der Waals surface area contributed by atoms with Crippen LogP contribution in [0.5, 0.6) is 11.5 Å². The molecule has 2 aromatic rings. The van der Waals surface area contributed by atoms with Gasteiger partial charge in [-0.05, 0) is 19.1 Å². The summed E-state index contributed by atoms with van der Waals surface area (Å²) in [6.45, 7) is 1.72. The van der Waals surface area contributed by atoms with Crippen LogP contribution in [0.4, 0.5) is 0 Å². The van der Waals surface area contributed by atoms with E-state index in [2.05, 4.69) is 9.72 Å². The molecule has 0 radical (unpaired) electrons. The predicted octanol–water partition coefficient (Wildman–Crippen LogP) is 2.84. The molecule has 1 aliphatic rings. The number of ketones is 2. The molecular weight excluding hydrogens is 362 g/mol. The molecule has 26 heavy (non-hydrogen) atoms. The number of nitrogens with zero attached hydrogens (tertiary/aromatic N) is 1. The standard InChI is InChI=1S/C18H14ClNO6/c1-2-24-18(23)14(22)8-13(21)17-10(4-3-5-20-17)11-6-15-16(7-12(11)19)26-9-25-15/h3-7H,2,8-9H2,1H3. The van der Waals surface area contributed by atoms with E-state index in [1.165, 1.54) is 6.20 Å². The van der Waals surface area contributed by atoms with Crippen LogP contribution in [-0.2, 0) is 14.3 Å². The number of hydrogen-bond acceptors (Lipinski definition) is 7. The number of aromatic nitrogens is 1. The SMILES string of the molecule is CCOC(=O)C(=O)CC(=O)c1ncccc1-c1cc2c(cc1Cl)OCO2. The molecule has 0 amide bonds. The highest BCUT2D eigenvalue weighted by atomic mass is 35.5. The average Bonchev–Trinajstić information content (AvgIpc) is 3.08. The van der Waals surface area contributed by atoms with Gasteiger partial charge in [0.05, 0.1) is 18.1 Å². The Bertz CT molecular complexity index is 895. The molecule has 8 heteroatoms. The van der Waals surface area contributed by atoms with Gasteiger partial charge < -0.3 is 14.2 Å². The summed E-state index contributed by atoms with van der Waals surface area (Å²) >= 11 is 6.30. The lowest BCUT2D eigenvalue weighted by atomic mass is 9.99. The molecule has 0 unspecified atom stereocenters. The molecule has 0 spiro atoms. The summed E-state index contributed by atoms with van der Waals surface area (Å²) in [6.07, 6.45) is 0.789. The number of rotatable bonds is 6. The molecule has 1 aliphatic heterocycles. The van der Waals surface area contributed by atoms with E-state index in [4.69, 9.17) is 21.1 Å². The summed E-state index contributed by atoms with van der Waals surface area (Å²) < 4.78 is 15.2.